The molecule has 0 radical (unpaired) electrons. The maximum atomic E-state index is 11.4. The Morgan fingerprint density at radius 1 is 0.926 bits per heavy atom. The van der Waals surface area contributed by atoms with Crippen LogP contribution in [0.4, 0.5) is 5.69 Å². The van der Waals surface area contributed by atoms with E-state index >= 15 is 0 Å². The summed E-state index contributed by atoms with van der Waals surface area (Å²) >= 11 is 5.89. The van der Waals surface area contributed by atoms with Crippen molar-refractivity contribution >= 4 is 23.3 Å². The lowest BCUT2D eigenvalue weighted by Gasteiger charge is -2.23. The van der Waals surface area contributed by atoms with Crippen LogP contribution in [0, 0.1) is 0 Å². The van der Waals surface area contributed by atoms with Gasteiger partial charge in [0, 0.05) is 17.4 Å². The topological polar surface area (TPSA) is 69.6 Å². The van der Waals surface area contributed by atoms with Gasteiger partial charge in [-0.3, -0.25) is 0 Å². The number of carbonyl (C=O) groups is 1. The lowest BCUT2D eigenvalue weighted by Crippen LogP contribution is -2.23. The molecule has 0 amide bonds. The molecule has 4 nitrogen and oxygen atoms in total. The van der Waals surface area contributed by atoms with Gasteiger partial charge in [-0.25, -0.2) is 4.79 Å². The second kappa shape index (κ2) is 8.71. The fourth-order valence-corrected chi connectivity index (χ4v) is 3.29. The summed E-state index contributed by atoms with van der Waals surface area (Å²) < 4.78 is 0. The third kappa shape index (κ3) is 4.88. The van der Waals surface area contributed by atoms with E-state index in [0.29, 0.717) is 17.1 Å². The Morgan fingerprint density at radius 3 is 2.00 bits per heavy atom. The van der Waals surface area contributed by atoms with Crippen LogP contribution in [0.3, 0.4) is 0 Å². The molecule has 1 atom stereocenters. The molecular formula is C22H20ClNO3. The van der Waals surface area contributed by atoms with Crippen LogP contribution in [0.5, 0.6) is 0 Å². The number of carboxylic acid groups (broad SMARTS) is 1. The van der Waals surface area contributed by atoms with E-state index in [4.69, 9.17) is 11.6 Å². The summed E-state index contributed by atoms with van der Waals surface area (Å²) in [6.45, 7) is 0. The second-order valence-electron chi connectivity index (χ2n) is 6.26. The number of aliphatic hydroxyl groups is 1. The van der Waals surface area contributed by atoms with Crippen LogP contribution in [0.25, 0.3) is 0 Å². The molecule has 0 saturated carbocycles. The summed E-state index contributed by atoms with van der Waals surface area (Å²) in [5.41, 5.74) is 2.52. The summed E-state index contributed by atoms with van der Waals surface area (Å²) in [6.07, 6.45) is -0.551. The molecule has 5 heteroatoms. The van der Waals surface area contributed by atoms with Crippen LogP contribution in [0.1, 0.15) is 33.8 Å². The Bertz CT molecular complexity index is 860. The van der Waals surface area contributed by atoms with Crippen LogP contribution in [-0.2, 0) is 0 Å². The third-order valence-electron chi connectivity index (χ3n) is 4.40. The maximum absolute atomic E-state index is 11.4. The van der Waals surface area contributed by atoms with Crippen molar-refractivity contribution in [3.8, 4) is 0 Å². The molecule has 0 aromatic heterocycles. The summed E-state index contributed by atoms with van der Waals surface area (Å²) in [4.78, 5) is 11.4. The van der Waals surface area contributed by atoms with Crippen LogP contribution >= 0.6 is 11.6 Å². The number of hydrogen-bond acceptors (Lipinski definition) is 3. The van der Waals surface area contributed by atoms with E-state index in [1.54, 1.807) is 12.1 Å². The zero-order valence-electron chi connectivity index (χ0n) is 14.5. The highest BCUT2D eigenvalue weighted by atomic mass is 35.5. The molecule has 0 bridgehead atoms. The number of nitrogens with one attached hydrogen (secondary N) is 1. The van der Waals surface area contributed by atoms with Gasteiger partial charge in [0.2, 0.25) is 0 Å². The minimum atomic E-state index is -1.10. The first kappa shape index (κ1) is 19.0. The second-order valence-corrected chi connectivity index (χ2v) is 6.70. The Kier molecular flexibility index (Phi) is 6.12. The van der Waals surface area contributed by atoms with Gasteiger partial charge in [0.25, 0.3) is 0 Å². The molecule has 0 aliphatic heterocycles. The van der Waals surface area contributed by atoms with Gasteiger partial charge in [-0.2, -0.15) is 0 Å². The molecule has 3 rings (SSSR count). The minimum Gasteiger partial charge on any atom is -0.478 e. The number of halogens is 1. The molecule has 0 saturated heterocycles. The van der Waals surface area contributed by atoms with Crippen LogP contribution in [-0.4, -0.2) is 22.4 Å². The minimum absolute atomic E-state index is 0.0255. The first-order valence-electron chi connectivity index (χ1n) is 8.62. The Balaban J connectivity index is 1.84. The zero-order valence-corrected chi connectivity index (χ0v) is 15.3. The summed E-state index contributed by atoms with van der Waals surface area (Å²) in [7, 11) is 0. The fraction of sp³-hybridized carbons (Fsp3) is 0.136. The molecule has 3 N–H and O–H groups in total. The lowest BCUT2D eigenvalue weighted by atomic mass is 9.88. The Hall–Kier alpha value is -2.82. The normalized spacial score (nSPS) is 12.0. The first-order valence-corrected chi connectivity index (χ1v) is 8.99. The van der Waals surface area contributed by atoms with Gasteiger partial charge in [-0.15, -0.1) is 0 Å². The van der Waals surface area contributed by atoms with Crippen molar-refractivity contribution in [1.29, 1.82) is 0 Å². The maximum Gasteiger partial charge on any atom is 0.337 e. The van der Waals surface area contributed by atoms with E-state index in [1.165, 1.54) is 6.07 Å². The SMILES string of the molecule is O=C(O)c1cc(Cl)ccc1NC(O)CC(c1ccccc1)c1ccccc1. The number of rotatable bonds is 7. The van der Waals surface area contributed by atoms with Gasteiger partial charge in [0.1, 0.15) is 6.23 Å². The number of aliphatic hydroxyl groups excluding tert-OH is 1. The van der Waals surface area contributed by atoms with Gasteiger partial charge in [-0.1, -0.05) is 72.3 Å². The monoisotopic (exact) mass is 381 g/mol. The fourth-order valence-electron chi connectivity index (χ4n) is 3.12. The van der Waals surface area contributed by atoms with Gasteiger partial charge < -0.3 is 15.5 Å². The number of hydrogen-bond donors (Lipinski definition) is 3. The molecule has 0 heterocycles. The Morgan fingerprint density at radius 2 is 1.48 bits per heavy atom. The highest BCUT2D eigenvalue weighted by Gasteiger charge is 2.20. The molecule has 0 fully saturated rings. The number of carboxylic acids is 1. The average Bonchev–Trinajstić information content (AvgIpc) is 2.68. The van der Waals surface area contributed by atoms with Crippen LogP contribution < -0.4 is 5.32 Å². The van der Waals surface area contributed by atoms with Crippen molar-refractivity contribution in [3.05, 3.63) is 101 Å². The van der Waals surface area contributed by atoms with E-state index in [1.807, 2.05) is 60.7 Å². The average molecular weight is 382 g/mol. The molecule has 138 valence electrons. The van der Waals surface area contributed by atoms with E-state index < -0.39 is 12.2 Å². The third-order valence-corrected chi connectivity index (χ3v) is 4.63. The van der Waals surface area contributed by atoms with E-state index in [-0.39, 0.29) is 11.5 Å². The highest BCUT2D eigenvalue weighted by molar-refractivity contribution is 6.31. The molecular weight excluding hydrogens is 362 g/mol. The standard InChI is InChI=1S/C22H20ClNO3/c23-17-11-12-20(19(13-17)22(26)27)24-21(25)14-18(15-7-3-1-4-8-15)16-9-5-2-6-10-16/h1-13,18,21,24-25H,14H2,(H,26,27). The predicted molar refractivity (Wildman–Crippen MR) is 107 cm³/mol. The first-order chi connectivity index (χ1) is 13.0. The van der Waals surface area contributed by atoms with E-state index in [2.05, 4.69) is 5.32 Å². The quantitative estimate of drug-likeness (QED) is 0.504. The van der Waals surface area contributed by atoms with E-state index in [9.17, 15) is 15.0 Å². The predicted octanol–water partition coefficient (Wildman–Crippen LogP) is 4.99. The van der Waals surface area contributed by atoms with Crippen molar-refractivity contribution < 1.29 is 15.0 Å². The highest BCUT2D eigenvalue weighted by Crippen LogP contribution is 2.30. The lowest BCUT2D eigenvalue weighted by molar-refractivity contribution is 0.0697. The van der Waals surface area contributed by atoms with Crippen molar-refractivity contribution in [1.82, 2.24) is 0 Å². The van der Waals surface area contributed by atoms with Crippen molar-refractivity contribution in [2.75, 3.05) is 5.32 Å². The smallest absolute Gasteiger partial charge is 0.337 e. The van der Waals surface area contributed by atoms with Crippen molar-refractivity contribution in [3.63, 3.8) is 0 Å². The van der Waals surface area contributed by atoms with Crippen molar-refractivity contribution in [2.45, 2.75) is 18.6 Å². The largest absolute Gasteiger partial charge is 0.478 e. The molecule has 3 aromatic carbocycles. The number of anilines is 1. The van der Waals surface area contributed by atoms with Gasteiger partial charge >= 0.3 is 5.97 Å². The number of aromatic carboxylic acids is 1. The summed E-state index contributed by atoms with van der Waals surface area (Å²) in [6, 6.07) is 24.4. The molecule has 1 unspecified atom stereocenters. The summed E-state index contributed by atoms with van der Waals surface area (Å²) in [5.74, 6) is -1.13. The van der Waals surface area contributed by atoms with Crippen LogP contribution in [0.15, 0.2) is 78.9 Å². The molecule has 27 heavy (non-hydrogen) atoms. The summed E-state index contributed by atoms with van der Waals surface area (Å²) in [5, 5.41) is 23.2. The molecule has 0 spiro atoms. The van der Waals surface area contributed by atoms with Gasteiger partial charge in [0.15, 0.2) is 0 Å². The number of benzene rings is 3. The van der Waals surface area contributed by atoms with Crippen LogP contribution in [0.2, 0.25) is 5.02 Å². The van der Waals surface area contributed by atoms with Crippen molar-refractivity contribution in [2.24, 2.45) is 0 Å². The van der Waals surface area contributed by atoms with E-state index in [0.717, 1.165) is 11.1 Å². The van der Waals surface area contributed by atoms with Gasteiger partial charge in [0.05, 0.1) is 11.3 Å². The molecule has 3 aromatic rings. The Labute approximate surface area is 163 Å². The molecule has 0 aliphatic carbocycles. The zero-order chi connectivity index (χ0) is 19.2. The van der Waals surface area contributed by atoms with Gasteiger partial charge in [-0.05, 0) is 29.3 Å². The molecule has 0 aliphatic rings.